The maximum Gasteiger partial charge on any atom is 0.246 e. The molecular weight excluding hydrogens is 400 g/mol. The zero-order valence-electron chi connectivity index (χ0n) is 17.4. The number of piperidine rings is 1. The number of ether oxygens (including phenoxy) is 1. The highest BCUT2D eigenvalue weighted by molar-refractivity contribution is 5.64. The lowest BCUT2D eigenvalue weighted by Crippen LogP contribution is -2.42. The average Bonchev–Trinajstić information content (AvgIpc) is 3.14. The molecule has 0 bridgehead atoms. The van der Waals surface area contributed by atoms with Crippen LogP contribution in [-0.4, -0.2) is 41.1 Å². The minimum absolute atomic E-state index is 0.280. The third kappa shape index (κ3) is 4.39. The molecule has 6 nitrogen and oxygen atoms in total. The van der Waals surface area contributed by atoms with Crippen molar-refractivity contribution in [2.75, 3.05) is 36.5 Å². The molecule has 2 saturated heterocycles. The maximum atomic E-state index is 13.5. The first-order chi connectivity index (χ1) is 15.0. The molecule has 0 aliphatic carbocycles. The van der Waals surface area contributed by atoms with Crippen LogP contribution >= 0.6 is 0 Å². The smallest absolute Gasteiger partial charge is 0.246 e. The predicted molar refractivity (Wildman–Crippen MR) is 115 cm³/mol. The van der Waals surface area contributed by atoms with E-state index in [0.29, 0.717) is 5.95 Å². The van der Waals surface area contributed by atoms with E-state index in [0.717, 1.165) is 55.5 Å². The van der Waals surface area contributed by atoms with E-state index < -0.39 is 11.6 Å². The SMILES string of the molecule is Cc1cc(Nc2ncn(-c3cc(F)cc(F)c3)n2)cc(N2CCC(C3COC3)CC2)c1. The van der Waals surface area contributed by atoms with Gasteiger partial charge in [-0.2, -0.15) is 4.98 Å². The van der Waals surface area contributed by atoms with E-state index in [4.69, 9.17) is 4.74 Å². The molecule has 1 aromatic heterocycles. The predicted octanol–water partition coefficient (Wildman–Crippen LogP) is 4.46. The summed E-state index contributed by atoms with van der Waals surface area (Å²) in [5.41, 5.74) is 3.48. The van der Waals surface area contributed by atoms with Gasteiger partial charge in [0.25, 0.3) is 0 Å². The summed E-state index contributed by atoms with van der Waals surface area (Å²) in [5.74, 6) is 0.566. The molecule has 0 radical (unpaired) electrons. The molecule has 2 aliphatic heterocycles. The van der Waals surface area contributed by atoms with E-state index >= 15 is 0 Å². The quantitative estimate of drug-likeness (QED) is 0.654. The van der Waals surface area contributed by atoms with Gasteiger partial charge in [-0.3, -0.25) is 0 Å². The van der Waals surface area contributed by atoms with Crippen LogP contribution in [0.25, 0.3) is 5.69 Å². The molecule has 5 rings (SSSR count). The number of aromatic nitrogens is 3. The molecule has 0 amide bonds. The van der Waals surface area contributed by atoms with Crippen molar-refractivity contribution < 1.29 is 13.5 Å². The average molecular weight is 425 g/mol. The molecule has 0 saturated carbocycles. The largest absolute Gasteiger partial charge is 0.381 e. The number of rotatable bonds is 5. The number of hydrogen-bond acceptors (Lipinski definition) is 5. The molecule has 31 heavy (non-hydrogen) atoms. The summed E-state index contributed by atoms with van der Waals surface area (Å²) in [4.78, 5) is 6.66. The van der Waals surface area contributed by atoms with Gasteiger partial charge in [0.15, 0.2) is 0 Å². The lowest BCUT2D eigenvalue weighted by molar-refractivity contribution is -0.0650. The zero-order valence-corrected chi connectivity index (χ0v) is 17.4. The van der Waals surface area contributed by atoms with Gasteiger partial charge in [-0.1, -0.05) is 0 Å². The lowest BCUT2D eigenvalue weighted by atomic mass is 9.83. The van der Waals surface area contributed by atoms with Crippen molar-refractivity contribution in [2.45, 2.75) is 19.8 Å². The van der Waals surface area contributed by atoms with Crippen LogP contribution in [0.5, 0.6) is 0 Å². The van der Waals surface area contributed by atoms with E-state index in [9.17, 15) is 8.78 Å². The van der Waals surface area contributed by atoms with Gasteiger partial charge in [-0.25, -0.2) is 13.5 Å². The molecule has 2 aromatic carbocycles. The third-order valence-corrected chi connectivity index (χ3v) is 6.16. The summed E-state index contributed by atoms with van der Waals surface area (Å²) in [7, 11) is 0. The Kier molecular flexibility index (Phi) is 5.31. The standard InChI is InChI=1S/C23H25F2N5O/c1-15-6-20(11-21(7-15)29-4-2-16(3-5-29)17-12-31-13-17)27-23-26-14-30(28-23)22-9-18(24)8-19(25)10-22/h6-11,14,16-17H,2-5,12-13H2,1H3,(H,27,28). The number of nitrogens with zero attached hydrogens (tertiary/aromatic N) is 4. The third-order valence-electron chi connectivity index (χ3n) is 6.16. The normalized spacial score (nSPS) is 17.6. The van der Waals surface area contributed by atoms with Crippen LogP contribution in [0.1, 0.15) is 18.4 Å². The van der Waals surface area contributed by atoms with Gasteiger partial charge in [0.2, 0.25) is 5.95 Å². The Bertz CT molecular complexity index is 1050. The molecule has 0 atom stereocenters. The second-order valence-corrected chi connectivity index (χ2v) is 8.44. The van der Waals surface area contributed by atoms with Crippen LogP contribution in [0, 0.1) is 30.4 Å². The van der Waals surface area contributed by atoms with Crippen molar-refractivity contribution in [3.05, 3.63) is 59.9 Å². The highest BCUT2D eigenvalue weighted by Gasteiger charge is 2.31. The number of halogens is 2. The number of benzene rings is 2. The van der Waals surface area contributed by atoms with Gasteiger partial charge >= 0.3 is 0 Å². The topological polar surface area (TPSA) is 55.2 Å². The number of anilines is 3. The summed E-state index contributed by atoms with van der Waals surface area (Å²) in [6, 6.07) is 9.58. The first-order valence-corrected chi connectivity index (χ1v) is 10.6. The van der Waals surface area contributed by atoms with Gasteiger partial charge in [-0.15, -0.1) is 5.10 Å². The molecule has 2 fully saturated rings. The van der Waals surface area contributed by atoms with Crippen molar-refractivity contribution in [1.82, 2.24) is 14.8 Å². The van der Waals surface area contributed by atoms with Crippen molar-refractivity contribution in [2.24, 2.45) is 11.8 Å². The lowest BCUT2D eigenvalue weighted by Gasteiger charge is -2.40. The van der Waals surface area contributed by atoms with Gasteiger partial charge in [0.05, 0.1) is 18.9 Å². The second kappa shape index (κ2) is 8.26. The van der Waals surface area contributed by atoms with Crippen LogP contribution < -0.4 is 10.2 Å². The fraction of sp³-hybridized carbons (Fsp3) is 0.391. The van der Waals surface area contributed by atoms with Gasteiger partial charge < -0.3 is 15.0 Å². The number of nitrogens with one attached hydrogen (secondary N) is 1. The Morgan fingerprint density at radius 3 is 2.35 bits per heavy atom. The summed E-state index contributed by atoms with van der Waals surface area (Å²) in [6.45, 7) is 6.00. The summed E-state index contributed by atoms with van der Waals surface area (Å²) >= 11 is 0. The van der Waals surface area contributed by atoms with Crippen molar-refractivity contribution in [1.29, 1.82) is 0 Å². The van der Waals surface area contributed by atoms with Crippen molar-refractivity contribution in [3.8, 4) is 5.69 Å². The van der Waals surface area contributed by atoms with Crippen molar-refractivity contribution >= 4 is 17.3 Å². The van der Waals surface area contributed by atoms with E-state index in [-0.39, 0.29) is 5.69 Å². The Labute approximate surface area is 179 Å². The van der Waals surface area contributed by atoms with Gasteiger partial charge in [-0.05, 0) is 61.6 Å². The Balaban J connectivity index is 1.29. The van der Waals surface area contributed by atoms with Crippen LogP contribution in [0.3, 0.4) is 0 Å². The van der Waals surface area contributed by atoms with E-state index in [1.165, 1.54) is 41.7 Å². The number of aryl methyl sites for hydroxylation is 1. The molecule has 1 N–H and O–H groups in total. The van der Waals surface area contributed by atoms with Crippen LogP contribution in [0.4, 0.5) is 26.1 Å². The maximum absolute atomic E-state index is 13.5. The Hall–Kier alpha value is -3.00. The summed E-state index contributed by atoms with van der Waals surface area (Å²) < 4.78 is 33.7. The highest BCUT2D eigenvalue weighted by atomic mass is 19.1. The molecule has 3 heterocycles. The fourth-order valence-corrected chi connectivity index (χ4v) is 4.42. The molecule has 8 heteroatoms. The van der Waals surface area contributed by atoms with Crippen LogP contribution in [-0.2, 0) is 4.74 Å². The fourth-order valence-electron chi connectivity index (χ4n) is 4.42. The molecule has 0 spiro atoms. The number of hydrogen-bond donors (Lipinski definition) is 1. The van der Waals surface area contributed by atoms with Crippen LogP contribution in [0.15, 0.2) is 42.7 Å². The van der Waals surface area contributed by atoms with Crippen LogP contribution in [0.2, 0.25) is 0 Å². The Morgan fingerprint density at radius 1 is 0.935 bits per heavy atom. The van der Waals surface area contributed by atoms with Gasteiger partial charge in [0, 0.05) is 36.4 Å². The van der Waals surface area contributed by atoms with E-state index in [2.05, 4.69) is 39.4 Å². The minimum atomic E-state index is -0.656. The molecule has 3 aromatic rings. The highest BCUT2D eigenvalue weighted by Crippen LogP contribution is 2.33. The zero-order chi connectivity index (χ0) is 21.4. The van der Waals surface area contributed by atoms with E-state index in [1.54, 1.807) is 0 Å². The molecule has 162 valence electrons. The van der Waals surface area contributed by atoms with E-state index in [1.807, 2.05) is 6.07 Å². The molecule has 0 unspecified atom stereocenters. The second-order valence-electron chi connectivity index (χ2n) is 8.44. The molecule has 2 aliphatic rings. The summed E-state index contributed by atoms with van der Waals surface area (Å²) in [6.07, 6.45) is 3.82. The first kappa shape index (κ1) is 19.9. The monoisotopic (exact) mass is 425 g/mol. The minimum Gasteiger partial charge on any atom is -0.381 e. The first-order valence-electron chi connectivity index (χ1n) is 10.6. The van der Waals surface area contributed by atoms with Crippen molar-refractivity contribution in [3.63, 3.8) is 0 Å². The van der Waals surface area contributed by atoms with Gasteiger partial charge in [0.1, 0.15) is 18.0 Å². The Morgan fingerprint density at radius 2 is 1.68 bits per heavy atom. The summed E-state index contributed by atoms with van der Waals surface area (Å²) in [5, 5.41) is 7.53. The molecular formula is C23H25F2N5O.